The Hall–Kier alpha value is -3.09. The third kappa shape index (κ3) is 3.58. The topological polar surface area (TPSA) is 71.3 Å². The molecular formula is C20H22N4O3. The van der Waals surface area contributed by atoms with E-state index in [1.807, 2.05) is 18.3 Å². The molecular weight excluding hydrogens is 344 g/mol. The number of aromatic nitrogens is 4. The van der Waals surface area contributed by atoms with Crippen LogP contribution in [0.4, 0.5) is 0 Å². The summed E-state index contributed by atoms with van der Waals surface area (Å²) in [5.41, 5.74) is 1.81. The van der Waals surface area contributed by atoms with Gasteiger partial charge in [-0.2, -0.15) is 0 Å². The minimum absolute atomic E-state index is 0.153. The number of benzene rings is 1. The smallest absolute Gasteiger partial charge is 0.164 e. The van der Waals surface area contributed by atoms with E-state index in [4.69, 9.17) is 14.2 Å². The predicted octanol–water partition coefficient (Wildman–Crippen LogP) is 3.31. The van der Waals surface area contributed by atoms with E-state index >= 15 is 0 Å². The SMILES string of the molecule is COc1cc2c(cc1-c1nccn1C(C)Cc1cnccn1)OCCCO2. The average molecular weight is 366 g/mol. The van der Waals surface area contributed by atoms with E-state index in [1.54, 1.807) is 31.9 Å². The first-order valence-electron chi connectivity index (χ1n) is 9.02. The Labute approximate surface area is 158 Å². The zero-order valence-corrected chi connectivity index (χ0v) is 15.5. The number of hydrogen-bond donors (Lipinski definition) is 0. The highest BCUT2D eigenvalue weighted by molar-refractivity contribution is 5.70. The molecule has 0 saturated carbocycles. The number of rotatable bonds is 5. The molecule has 1 aliphatic rings. The Morgan fingerprint density at radius 3 is 2.67 bits per heavy atom. The molecule has 7 heteroatoms. The van der Waals surface area contributed by atoms with Gasteiger partial charge in [0.05, 0.1) is 31.6 Å². The van der Waals surface area contributed by atoms with Gasteiger partial charge in [0, 0.05) is 55.9 Å². The Kier molecular flexibility index (Phi) is 4.91. The lowest BCUT2D eigenvalue weighted by Gasteiger charge is -2.18. The zero-order chi connectivity index (χ0) is 18.6. The predicted molar refractivity (Wildman–Crippen MR) is 100 cm³/mol. The highest BCUT2D eigenvalue weighted by Crippen LogP contribution is 2.41. The van der Waals surface area contributed by atoms with Crippen molar-refractivity contribution in [1.29, 1.82) is 0 Å². The van der Waals surface area contributed by atoms with E-state index in [2.05, 4.69) is 26.4 Å². The van der Waals surface area contributed by atoms with E-state index in [0.29, 0.717) is 24.7 Å². The van der Waals surface area contributed by atoms with E-state index in [-0.39, 0.29) is 6.04 Å². The second-order valence-corrected chi connectivity index (χ2v) is 6.46. The van der Waals surface area contributed by atoms with Crippen LogP contribution in [0.3, 0.4) is 0 Å². The van der Waals surface area contributed by atoms with Crippen molar-refractivity contribution >= 4 is 0 Å². The summed E-state index contributed by atoms with van der Waals surface area (Å²) in [6.07, 6.45) is 10.6. The minimum Gasteiger partial charge on any atom is -0.496 e. The van der Waals surface area contributed by atoms with Crippen LogP contribution in [-0.4, -0.2) is 39.8 Å². The van der Waals surface area contributed by atoms with Crippen molar-refractivity contribution in [2.24, 2.45) is 0 Å². The first kappa shape index (κ1) is 17.3. The van der Waals surface area contributed by atoms with Gasteiger partial charge in [-0.25, -0.2) is 4.98 Å². The van der Waals surface area contributed by atoms with Gasteiger partial charge in [0.2, 0.25) is 0 Å². The van der Waals surface area contributed by atoms with Crippen LogP contribution in [0.25, 0.3) is 11.4 Å². The molecule has 4 rings (SSSR count). The molecule has 0 amide bonds. The highest BCUT2D eigenvalue weighted by Gasteiger charge is 2.21. The van der Waals surface area contributed by atoms with E-state index in [1.165, 1.54) is 0 Å². The van der Waals surface area contributed by atoms with Gasteiger partial charge in [-0.15, -0.1) is 0 Å². The lowest BCUT2D eigenvalue weighted by Crippen LogP contribution is -2.10. The Bertz CT molecular complexity index is 911. The molecule has 3 heterocycles. The molecule has 1 aliphatic heterocycles. The van der Waals surface area contributed by atoms with Crippen LogP contribution in [0.5, 0.6) is 17.2 Å². The fourth-order valence-corrected chi connectivity index (χ4v) is 3.25. The van der Waals surface area contributed by atoms with Crippen LogP contribution in [0, 0.1) is 0 Å². The second kappa shape index (κ2) is 7.65. The van der Waals surface area contributed by atoms with Gasteiger partial charge in [-0.1, -0.05) is 0 Å². The molecule has 1 aromatic carbocycles. The summed E-state index contributed by atoms with van der Waals surface area (Å²) in [5, 5.41) is 0. The van der Waals surface area contributed by atoms with Crippen molar-refractivity contribution in [3.8, 4) is 28.6 Å². The number of ether oxygens (including phenoxy) is 3. The highest BCUT2D eigenvalue weighted by atomic mass is 16.5. The van der Waals surface area contributed by atoms with Crippen molar-refractivity contribution in [3.05, 3.63) is 48.8 Å². The van der Waals surface area contributed by atoms with Crippen LogP contribution in [0.15, 0.2) is 43.1 Å². The van der Waals surface area contributed by atoms with Crippen molar-refractivity contribution in [1.82, 2.24) is 19.5 Å². The number of nitrogens with zero attached hydrogens (tertiary/aromatic N) is 4. The standard InChI is InChI=1S/C20H22N4O3/c1-14(10-15-13-21-4-5-22-15)24-7-6-23-20(24)16-11-18-19(12-17(16)25-2)27-9-3-8-26-18/h4-7,11-14H,3,8-10H2,1-2H3. The van der Waals surface area contributed by atoms with Crippen molar-refractivity contribution < 1.29 is 14.2 Å². The van der Waals surface area contributed by atoms with Gasteiger partial charge >= 0.3 is 0 Å². The summed E-state index contributed by atoms with van der Waals surface area (Å²) >= 11 is 0. The van der Waals surface area contributed by atoms with E-state index in [9.17, 15) is 0 Å². The summed E-state index contributed by atoms with van der Waals surface area (Å²) in [6, 6.07) is 3.98. The quantitative estimate of drug-likeness (QED) is 0.690. The average Bonchev–Trinajstić information content (AvgIpc) is 3.07. The van der Waals surface area contributed by atoms with Gasteiger partial charge < -0.3 is 18.8 Å². The molecule has 27 heavy (non-hydrogen) atoms. The molecule has 0 saturated heterocycles. The fourth-order valence-electron chi connectivity index (χ4n) is 3.25. The van der Waals surface area contributed by atoms with Gasteiger partial charge in [0.1, 0.15) is 11.6 Å². The second-order valence-electron chi connectivity index (χ2n) is 6.46. The van der Waals surface area contributed by atoms with Crippen molar-refractivity contribution in [3.63, 3.8) is 0 Å². The zero-order valence-electron chi connectivity index (χ0n) is 15.5. The summed E-state index contributed by atoms with van der Waals surface area (Å²) in [7, 11) is 1.65. The Morgan fingerprint density at radius 2 is 1.93 bits per heavy atom. The maximum atomic E-state index is 5.85. The third-order valence-corrected chi connectivity index (χ3v) is 4.58. The van der Waals surface area contributed by atoms with Crippen molar-refractivity contribution in [2.45, 2.75) is 25.8 Å². The van der Waals surface area contributed by atoms with Crippen LogP contribution in [0.1, 0.15) is 25.1 Å². The monoisotopic (exact) mass is 366 g/mol. The normalized spacial score (nSPS) is 14.4. The molecule has 7 nitrogen and oxygen atoms in total. The fraction of sp³-hybridized carbons (Fsp3) is 0.350. The molecule has 0 radical (unpaired) electrons. The molecule has 0 spiro atoms. The van der Waals surface area contributed by atoms with Gasteiger partial charge in [0.15, 0.2) is 11.5 Å². The Balaban J connectivity index is 1.70. The molecule has 1 unspecified atom stereocenters. The molecule has 0 N–H and O–H groups in total. The summed E-state index contributed by atoms with van der Waals surface area (Å²) < 4.78 is 19.4. The molecule has 1 atom stereocenters. The van der Waals surface area contributed by atoms with Crippen LogP contribution >= 0.6 is 0 Å². The van der Waals surface area contributed by atoms with Crippen molar-refractivity contribution in [2.75, 3.05) is 20.3 Å². The third-order valence-electron chi connectivity index (χ3n) is 4.58. The van der Waals surface area contributed by atoms with E-state index < -0.39 is 0 Å². The molecule has 2 aromatic heterocycles. The largest absolute Gasteiger partial charge is 0.496 e. The van der Waals surface area contributed by atoms with Crippen LogP contribution in [0.2, 0.25) is 0 Å². The van der Waals surface area contributed by atoms with E-state index in [0.717, 1.165) is 35.7 Å². The summed E-state index contributed by atoms with van der Waals surface area (Å²) in [5.74, 6) is 2.95. The Morgan fingerprint density at radius 1 is 1.11 bits per heavy atom. The minimum atomic E-state index is 0.153. The van der Waals surface area contributed by atoms with Crippen LogP contribution < -0.4 is 14.2 Å². The van der Waals surface area contributed by atoms with Gasteiger partial charge in [-0.3, -0.25) is 9.97 Å². The number of fused-ring (bicyclic) bond motifs is 1. The first-order valence-corrected chi connectivity index (χ1v) is 9.02. The molecule has 140 valence electrons. The van der Waals surface area contributed by atoms with Gasteiger partial charge in [-0.05, 0) is 13.0 Å². The molecule has 0 aliphatic carbocycles. The van der Waals surface area contributed by atoms with Gasteiger partial charge in [0.25, 0.3) is 0 Å². The molecule has 0 bridgehead atoms. The number of hydrogen-bond acceptors (Lipinski definition) is 6. The lowest BCUT2D eigenvalue weighted by atomic mass is 10.1. The van der Waals surface area contributed by atoms with Crippen LogP contribution in [-0.2, 0) is 6.42 Å². The molecule has 3 aromatic rings. The number of methoxy groups -OCH3 is 1. The summed E-state index contributed by atoms with van der Waals surface area (Å²) in [4.78, 5) is 13.1. The maximum Gasteiger partial charge on any atom is 0.164 e. The summed E-state index contributed by atoms with van der Waals surface area (Å²) in [6.45, 7) is 3.41. The lowest BCUT2D eigenvalue weighted by molar-refractivity contribution is 0.296. The molecule has 0 fully saturated rings. The first-order chi connectivity index (χ1) is 13.3. The number of imidazole rings is 1. The maximum absolute atomic E-state index is 5.85.